The van der Waals surface area contributed by atoms with Gasteiger partial charge in [-0.05, 0) is 12.5 Å². The Bertz CT molecular complexity index is 651. The summed E-state index contributed by atoms with van der Waals surface area (Å²) >= 11 is 0. The molecule has 0 radical (unpaired) electrons. The first-order valence-electron chi connectivity index (χ1n) is 6.31. The van der Waals surface area contributed by atoms with Gasteiger partial charge in [0.2, 0.25) is 5.91 Å². The molecule has 1 aromatic heterocycles. The molecule has 0 fully saturated rings. The van der Waals surface area contributed by atoms with E-state index >= 15 is 0 Å². The number of fused-ring (bicyclic) bond motifs is 1. The van der Waals surface area contributed by atoms with Crippen molar-refractivity contribution >= 4 is 22.5 Å². The van der Waals surface area contributed by atoms with Crippen molar-refractivity contribution in [3.8, 4) is 6.07 Å². The van der Waals surface area contributed by atoms with Gasteiger partial charge in [-0.1, -0.05) is 25.1 Å². The highest BCUT2D eigenvalue weighted by atomic mass is 16.2. The predicted molar refractivity (Wildman–Crippen MR) is 75.7 cm³/mol. The van der Waals surface area contributed by atoms with Crippen molar-refractivity contribution in [1.29, 1.82) is 5.26 Å². The molecule has 98 valence electrons. The highest BCUT2D eigenvalue weighted by Crippen LogP contribution is 2.28. The number of nitrogens with zero attached hydrogens (tertiary/aromatic N) is 3. The van der Waals surface area contributed by atoms with E-state index in [2.05, 4.69) is 6.07 Å². The first-order valence-corrected chi connectivity index (χ1v) is 6.31. The van der Waals surface area contributed by atoms with Crippen LogP contribution in [0.4, 0.5) is 5.69 Å². The molecule has 0 aliphatic heterocycles. The molecule has 0 N–H and O–H groups in total. The van der Waals surface area contributed by atoms with E-state index in [-0.39, 0.29) is 5.91 Å². The third kappa shape index (κ3) is 2.19. The summed E-state index contributed by atoms with van der Waals surface area (Å²) in [6, 6.07) is 9.98. The van der Waals surface area contributed by atoms with Crippen LogP contribution in [0.15, 0.2) is 30.5 Å². The molecule has 0 aliphatic rings. The van der Waals surface area contributed by atoms with Gasteiger partial charge >= 0.3 is 0 Å². The normalized spacial score (nSPS) is 12.1. The quantitative estimate of drug-likeness (QED) is 0.846. The summed E-state index contributed by atoms with van der Waals surface area (Å²) in [7, 11) is 3.68. The maximum Gasteiger partial charge on any atom is 0.244 e. The minimum Gasteiger partial charge on any atom is -0.348 e. The van der Waals surface area contributed by atoms with Crippen LogP contribution in [0.2, 0.25) is 0 Å². The lowest BCUT2D eigenvalue weighted by molar-refractivity contribution is -0.120. The maximum atomic E-state index is 12.3. The molecule has 0 aliphatic carbocycles. The van der Waals surface area contributed by atoms with Crippen LogP contribution in [-0.2, 0) is 11.8 Å². The molecule has 0 saturated carbocycles. The van der Waals surface area contributed by atoms with Gasteiger partial charge in [-0.3, -0.25) is 4.79 Å². The number of benzene rings is 1. The van der Waals surface area contributed by atoms with Gasteiger partial charge in [-0.15, -0.1) is 0 Å². The van der Waals surface area contributed by atoms with Crippen LogP contribution in [0.5, 0.6) is 0 Å². The molecule has 1 atom stereocenters. The third-order valence-electron chi connectivity index (χ3n) is 3.43. The maximum absolute atomic E-state index is 12.3. The van der Waals surface area contributed by atoms with Crippen LogP contribution >= 0.6 is 0 Å². The fourth-order valence-corrected chi connectivity index (χ4v) is 2.26. The number of para-hydroxylation sites is 1. The molecule has 0 spiro atoms. The smallest absolute Gasteiger partial charge is 0.244 e. The van der Waals surface area contributed by atoms with Gasteiger partial charge in [-0.25, -0.2) is 0 Å². The molecule has 4 heteroatoms. The summed E-state index contributed by atoms with van der Waals surface area (Å²) in [6.07, 6.45) is 2.46. The van der Waals surface area contributed by atoms with E-state index in [1.54, 1.807) is 11.9 Å². The van der Waals surface area contributed by atoms with Crippen LogP contribution in [-0.4, -0.2) is 17.5 Å². The van der Waals surface area contributed by atoms with Gasteiger partial charge in [0.25, 0.3) is 0 Å². The first-order chi connectivity index (χ1) is 9.10. The lowest BCUT2D eigenvalue weighted by Gasteiger charge is -2.18. The second-order valence-corrected chi connectivity index (χ2v) is 4.63. The molecule has 0 saturated heterocycles. The van der Waals surface area contributed by atoms with Crippen molar-refractivity contribution in [2.45, 2.75) is 13.3 Å². The van der Waals surface area contributed by atoms with E-state index in [1.807, 2.05) is 49.0 Å². The number of hydrogen-bond donors (Lipinski definition) is 0. The fourth-order valence-electron chi connectivity index (χ4n) is 2.26. The van der Waals surface area contributed by atoms with Gasteiger partial charge in [-0.2, -0.15) is 5.26 Å². The number of aromatic nitrogens is 1. The average molecular weight is 255 g/mol. The monoisotopic (exact) mass is 255 g/mol. The van der Waals surface area contributed by atoms with E-state index in [0.29, 0.717) is 6.42 Å². The number of nitriles is 1. The highest BCUT2D eigenvalue weighted by molar-refractivity contribution is 6.04. The summed E-state index contributed by atoms with van der Waals surface area (Å²) in [5, 5.41) is 10.0. The van der Waals surface area contributed by atoms with Crippen LogP contribution in [0.3, 0.4) is 0 Å². The summed E-state index contributed by atoms with van der Waals surface area (Å²) < 4.78 is 1.99. The Balaban J connectivity index is 2.45. The predicted octanol–water partition coefficient (Wildman–Crippen LogP) is 2.69. The number of rotatable bonds is 3. The zero-order valence-corrected chi connectivity index (χ0v) is 11.4. The highest BCUT2D eigenvalue weighted by Gasteiger charge is 2.23. The topological polar surface area (TPSA) is 49.0 Å². The SMILES string of the molecule is CCC(C#N)C(=O)N(C)c1cn(C)c2ccccc12. The summed E-state index contributed by atoms with van der Waals surface area (Å²) in [6.45, 7) is 1.85. The van der Waals surface area contributed by atoms with E-state index < -0.39 is 5.92 Å². The van der Waals surface area contributed by atoms with Crippen LogP contribution < -0.4 is 4.90 Å². The van der Waals surface area contributed by atoms with Crippen molar-refractivity contribution in [2.75, 3.05) is 11.9 Å². The Hall–Kier alpha value is -2.28. The number of carbonyl (C=O) groups is 1. The van der Waals surface area contributed by atoms with Crippen LogP contribution in [0.1, 0.15) is 13.3 Å². The minimum absolute atomic E-state index is 0.152. The van der Waals surface area contributed by atoms with Crippen LogP contribution in [0.25, 0.3) is 10.9 Å². The molecule has 2 rings (SSSR count). The number of anilines is 1. The molecule has 1 heterocycles. The summed E-state index contributed by atoms with van der Waals surface area (Å²) in [5.74, 6) is -0.731. The average Bonchev–Trinajstić information content (AvgIpc) is 2.77. The van der Waals surface area contributed by atoms with Crippen molar-refractivity contribution in [2.24, 2.45) is 13.0 Å². The van der Waals surface area contributed by atoms with Crippen LogP contribution in [0, 0.1) is 17.2 Å². The standard InChI is InChI=1S/C15H17N3O/c1-4-11(9-16)15(19)18(3)14-10-17(2)13-8-6-5-7-12(13)14/h5-8,10-11H,4H2,1-3H3. The molecule has 19 heavy (non-hydrogen) atoms. The van der Waals surface area contributed by atoms with Crippen molar-refractivity contribution < 1.29 is 4.79 Å². The van der Waals surface area contributed by atoms with Crippen molar-refractivity contribution in [1.82, 2.24) is 4.57 Å². The van der Waals surface area contributed by atoms with Gasteiger partial charge in [0, 0.05) is 31.2 Å². The third-order valence-corrected chi connectivity index (χ3v) is 3.43. The Morgan fingerprint density at radius 3 is 2.79 bits per heavy atom. The Kier molecular flexibility index (Phi) is 3.57. The Labute approximate surface area is 112 Å². The first kappa shape index (κ1) is 13.2. The second-order valence-electron chi connectivity index (χ2n) is 4.63. The zero-order valence-electron chi connectivity index (χ0n) is 11.4. The summed E-state index contributed by atoms with van der Waals surface area (Å²) in [4.78, 5) is 13.8. The van der Waals surface area contributed by atoms with Crippen molar-refractivity contribution in [3.05, 3.63) is 30.5 Å². The minimum atomic E-state index is -0.580. The zero-order chi connectivity index (χ0) is 14.0. The Morgan fingerprint density at radius 1 is 1.47 bits per heavy atom. The van der Waals surface area contributed by atoms with E-state index in [0.717, 1.165) is 16.6 Å². The van der Waals surface area contributed by atoms with Gasteiger partial charge < -0.3 is 9.47 Å². The van der Waals surface area contributed by atoms with Gasteiger partial charge in [0.15, 0.2) is 0 Å². The largest absolute Gasteiger partial charge is 0.348 e. The lowest BCUT2D eigenvalue weighted by atomic mass is 10.1. The Morgan fingerprint density at radius 2 is 2.16 bits per heavy atom. The molecule has 4 nitrogen and oxygen atoms in total. The van der Waals surface area contributed by atoms with Gasteiger partial charge in [0.1, 0.15) is 5.92 Å². The number of aryl methyl sites for hydroxylation is 1. The van der Waals surface area contributed by atoms with E-state index in [1.165, 1.54) is 0 Å². The molecule has 0 bridgehead atoms. The second kappa shape index (κ2) is 5.15. The number of amides is 1. The molecule has 2 aromatic rings. The van der Waals surface area contributed by atoms with E-state index in [9.17, 15) is 4.79 Å². The summed E-state index contributed by atoms with van der Waals surface area (Å²) in [5.41, 5.74) is 1.92. The van der Waals surface area contributed by atoms with E-state index in [4.69, 9.17) is 5.26 Å². The number of carbonyl (C=O) groups excluding carboxylic acids is 1. The molecule has 1 unspecified atom stereocenters. The molecular weight excluding hydrogens is 238 g/mol. The fraction of sp³-hybridized carbons (Fsp3) is 0.333. The number of hydrogen-bond acceptors (Lipinski definition) is 2. The molecular formula is C15H17N3O. The lowest BCUT2D eigenvalue weighted by Crippen LogP contribution is -2.31. The van der Waals surface area contributed by atoms with Gasteiger partial charge in [0.05, 0.1) is 11.8 Å². The van der Waals surface area contributed by atoms with Crippen molar-refractivity contribution in [3.63, 3.8) is 0 Å². The molecule has 1 aromatic carbocycles. The molecule has 1 amide bonds.